The Bertz CT molecular complexity index is 288. The molecule has 108 valence electrons. The molecule has 1 rings (SSSR count). The number of nitrogens with zero attached hydrogens (tertiary/aromatic N) is 1. The molecule has 0 fully saturated rings. The van der Waals surface area contributed by atoms with Gasteiger partial charge in [-0.05, 0) is 12.8 Å². The van der Waals surface area contributed by atoms with Crippen LogP contribution in [-0.4, -0.2) is 11.4 Å². The third-order valence-electron chi connectivity index (χ3n) is 2.79. The van der Waals surface area contributed by atoms with E-state index in [0.717, 1.165) is 18.4 Å². The molecule has 0 atom stereocenters. The molecule has 3 heteroatoms. The van der Waals surface area contributed by atoms with Gasteiger partial charge in [0.1, 0.15) is 12.5 Å². The number of carbonyl (C=O) groups is 1. The van der Waals surface area contributed by atoms with Crippen molar-refractivity contribution in [2.75, 3.05) is 0 Å². The molecule has 0 radical (unpaired) electrons. The molecule has 0 aliphatic rings. The van der Waals surface area contributed by atoms with Crippen LogP contribution >= 0.6 is 0 Å². The second-order valence-electron chi connectivity index (χ2n) is 4.55. The number of unbranched alkanes of at least 4 members (excludes halogenated alkanes) is 6. The van der Waals surface area contributed by atoms with Crippen LogP contribution in [0.1, 0.15) is 64.0 Å². The summed E-state index contributed by atoms with van der Waals surface area (Å²) >= 11 is 0. The number of aldehydes is 1. The molecule has 0 N–H and O–H groups in total. The van der Waals surface area contributed by atoms with Crippen molar-refractivity contribution in [2.45, 2.75) is 64.7 Å². The molecule has 19 heavy (non-hydrogen) atoms. The molecule has 0 amide bonds. The van der Waals surface area contributed by atoms with Crippen LogP contribution in [0.25, 0.3) is 0 Å². The van der Waals surface area contributed by atoms with E-state index in [4.69, 9.17) is 4.52 Å². The van der Waals surface area contributed by atoms with Crippen LogP contribution in [0, 0.1) is 0 Å². The van der Waals surface area contributed by atoms with Gasteiger partial charge in [-0.25, -0.2) is 0 Å². The lowest BCUT2D eigenvalue weighted by atomic mass is 10.1. The molecule has 1 aromatic rings. The molecule has 3 nitrogen and oxygen atoms in total. The fraction of sp³-hybridized carbons (Fsp3) is 0.625. The van der Waals surface area contributed by atoms with E-state index in [2.05, 4.69) is 18.7 Å². The van der Waals surface area contributed by atoms with Crippen molar-refractivity contribution in [1.82, 2.24) is 5.16 Å². The predicted octanol–water partition coefficient (Wildman–Crippen LogP) is 4.73. The Kier molecular flexibility index (Phi) is 13.6. The molecule has 1 heterocycles. The third-order valence-corrected chi connectivity index (χ3v) is 2.79. The molecule has 0 unspecified atom stereocenters. The van der Waals surface area contributed by atoms with E-state index in [9.17, 15) is 4.79 Å². The van der Waals surface area contributed by atoms with Crippen molar-refractivity contribution in [1.29, 1.82) is 0 Å². The van der Waals surface area contributed by atoms with Crippen LogP contribution in [0.5, 0.6) is 0 Å². The quantitative estimate of drug-likeness (QED) is 0.349. The lowest BCUT2D eigenvalue weighted by Gasteiger charge is -1.99. The van der Waals surface area contributed by atoms with Gasteiger partial charge >= 0.3 is 0 Å². The average molecular weight is 265 g/mol. The van der Waals surface area contributed by atoms with E-state index in [-0.39, 0.29) is 0 Å². The van der Waals surface area contributed by atoms with Crippen molar-refractivity contribution in [3.05, 3.63) is 30.7 Å². The van der Waals surface area contributed by atoms with Gasteiger partial charge in [-0.3, -0.25) is 0 Å². The highest BCUT2D eigenvalue weighted by Gasteiger charge is 1.96. The summed E-state index contributed by atoms with van der Waals surface area (Å²) in [7, 11) is 0. The fourth-order valence-corrected chi connectivity index (χ4v) is 1.70. The molecule has 0 aliphatic heterocycles. The van der Waals surface area contributed by atoms with E-state index in [0.29, 0.717) is 6.42 Å². The topological polar surface area (TPSA) is 43.1 Å². The molecule has 0 bridgehead atoms. The first kappa shape index (κ1) is 17.6. The standard InChI is InChI=1S/C12H21NO.C4H6O/c1-2-3-4-5-6-7-8-9-12-10-11-14-13-12;1-2-3-4-5/h10-11H,2-9H2,1H3;2,4H,1,3H2. The van der Waals surface area contributed by atoms with E-state index in [1.807, 2.05) is 6.07 Å². The SMILES string of the molecule is C=CCC=O.CCCCCCCCCc1ccon1. The summed E-state index contributed by atoms with van der Waals surface area (Å²) in [5.41, 5.74) is 1.10. The second-order valence-corrected chi connectivity index (χ2v) is 4.55. The van der Waals surface area contributed by atoms with Gasteiger partial charge in [0.25, 0.3) is 0 Å². The number of aryl methyl sites for hydroxylation is 1. The molecule has 0 saturated carbocycles. The zero-order chi connectivity index (χ0) is 14.2. The van der Waals surface area contributed by atoms with Crippen molar-refractivity contribution in [3.8, 4) is 0 Å². The average Bonchev–Trinajstić information content (AvgIpc) is 2.93. The summed E-state index contributed by atoms with van der Waals surface area (Å²) in [5, 5.41) is 3.89. The first-order valence-corrected chi connectivity index (χ1v) is 7.28. The van der Waals surface area contributed by atoms with Gasteiger partial charge in [0.2, 0.25) is 0 Å². The van der Waals surface area contributed by atoms with Crippen molar-refractivity contribution >= 4 is 6.29 Å². The number of aromatic nitrogens is 1. The maximum absolute atomic E-state index is 9.33. The molecule has 0 aliphatic carbocycles. The molecule has 0 saturated heterocycles. The van der Waals surface area contributed by atoms with Gasteiger partial charge in [-0.1, -0.05) is 56.7 Å². The van der Waals surface area contributed by atoms with Crippen LogP contribution in [0.15, 0.2) is 29.5 Å². The lowest BCUT2D eigenvalue weighted by Crippen LogP contribution is -1.85. The van der Waals surface area contributed by atoms with Gasteiger partial charge < -0.3 is 9.32 Å². The number of hydrogen-bond donors (Lipinski definition) is 0. The van der Waals surface area contributed by atoms with E-state index >= 15 is 0 Å². The highest BCUT2D eigenvalue weighted by Crippen LogP contribution is 2.09. The lowest BCUT2D eigenvalue weighted by molar-refractivity contribution is -0.107. The van der Waals surface area contributed by atoms with Gasteiger partial charge in [-0.15, -0.1) is 6.58 Å². The summed E-state index contributed by atoms with van der Waals surface area (Å²) in [4.78, 5) is 9.33. The Labute approximate surface area is 117 Å². The monoisotopic (exact) mass is 265 g/mol. The highest BCUT2D eigenvalue weighted by molar-refractivity contribution is 5.51. The van der Waals surface area contributed by atoms with E-state index in [1.165, 1.54) is 44.9 Å². The Morgan fingerprint density at radius 3 is 2.37 bits per heavy atom. The molecular formula is C16H27NO2. The number of carbonyl (C=O) groups excluding carboxylic acids is 1. The van der Waals surface area contributed by atoms with Gasteiger partial charge in [-0.2, -0.15) is 0 Å². The summed E-state index contributed by atoms with van der Waals surface area (Å²) in [5.74, 6) is 0. The van der Waals surface area contributed by atoms with Gasteiger partial charge in [0.15, 0.2) is 0 Å². The second kappa shape index (κ2) is 14.7. The first-order valence-electron chi connectivity index (χ1n) is 7.28. The van der Waals surface area contributed by atoms with E-state index in [1.54, 1.807) is 12.3 Å². The first-order chi connectivity index (χ1) is 9.35. The van der Waals surface area contributed by atoms with Crippen LogP contribution < -0.4 is 0 Å². The minimum absolute atomic E-state index is 0.472. The van der Waals surface area contributed by atoms with Crippen molar-refractivity contribution < 1.29 is 9.32 Å². The summed E-state index contributed by atoms with van der Waals surface area (Å²) in [6, 6.07) is 1.96. The van der Waals surface area contributed by atoms with Gasteiger partial charge in [0.05, 0.1) is 5.69 Å². The largest absolute Gasteiger partial charge is 0.365 e. The van der Waals surface area contributed by atoms with Crippen molar-refractivity contribution in [3.63, 3.8) is 0 Å². The Morgan fingerprint density at radius 1 is 1.21 bits per heavy atom. The predicted molar refractivity (Wildman–Crippen MR) is 79.1 cm³/mol. The fourth-order valence-electron chi connectivity index (χ4n) is 1.70. The molecular weight excluding hydrogens is 238 g/mol. The number of allylic oxidation sites excluding steroid dienone is 1. The van der Waals surface area contributed by atoms with Crippen molar-refractivity contribution in [2.24, 2.45) is 0 Å². The van der Waals surface area contributed by atoms with Gasteiger partial charge in [0, 0.05) is 12.5 Å². The zero-order valence-corrected chi connectivity index (χ0v) is 12.1. The zero-order valence-electron chi connectivity index (χ0n) is 12.1. The smallest absolute Gasteiger partial charge is 0.124 e. The third kappa shape index (κ3) is 12.9. The minimum atomic E-state index is 0.472. The highest BCUT2D eigenvalue weighted by atomic mass is 16.5. The summed E-state index contributed by atoms with van der Waals surface area (Å²) in [6.07, 6.45) is 15.0. The normalized spacial score (nSPS) is 9.53. The molecule has 0 aromatic carbocycles. The number of rotatable bonds is 10. The minimum Gasteiger partial charge on any atom is -0.365 e. The summed E-state index contributed by atoms with van der Waals surface area (Å²) in [6.45, 7) is 5.57. The van der Waals surface area contributed by atoms with Crippen LogP contribution in [0.3, 0.4) is 0 Å². The Balaban J connectivity index is 0.000000555. The van der Waals surface area contributed by atoms with E-state index < -0.39 is 0 Å². The van der Waals surface area contributed by atoms with Crippen LogP contribution in [0.2, 0.25) is 0 Å². The Hall–Kier alpha value is -1.38. The molecule has 0 spiro atoms. The Morgan fingerprint density at radius 2 is 1.89 bits per heavy atom. The van der Waals surface area contributed by atoms with Crippen LogP contribution in [-0.2, 0) is 11.2 Å². The number of hydrogen-bond acceptors (Lipinski definition) is 3. The summed E-state index contributed by atoms with van der Waals surface area (Å²) < 4.78 is 4.77. The maximum atomic E-state index is 9.33. The van der Waals surface area contributed by atoms with Crippen LogP contribution in [0.4, 0.5) is 0 Å². The molecule has 1 aromatic heterocycles. The maximum Gasteiger partial charge on any atom is 0.124 e.